The molecule has 0 N–H and O–H groups in total. The summed E-state index contributed by atoms with van der Waals surface area (Å²) in [6.07, 6.45) is 1.29. The van der Waals surface area contributed by atoms with E-state index in [0.29, 0.717) is 37.5 Å². The van der Waals surface area contributed by atoms with Crippen LogP contribution in [0, 0.1) is 5.92 Å². The number of anilines is 1. The Morgan fingerprint density at radius 3 is 2.27 bits per heavy atom. The summed E-state index contributed by atoms with van der Waals surface area (Å²) in [7, 11) is 1.35. The van der Waals surface area contributed by atoms with Gasteiger partial charge in [0.2, 0.25) is 5.91 Å². The molecular formula is C27H27NO5. The summed E-state index contributed by atoms with van der Waals surface area (Å²) in [6.45, 7) is 1.69. The SMILES string of the molecule is COC(=O)c1ccc(OCCC2CC(=O)N(c3ccc(OCc4ccccc4)cc3)C2)cc1. The van der Waals surface area contributed by atoms with E-state index in [4.69, 9.17) is 14.2 Å². The van der Waals surface area contributed by atoms with Crippen molar-refractivity contribution in [3.63, 3.8) is 0 Å². The average Bonchev–Trinajstić information content (AvgIpc) is 3.24. The Labute approximate surface area is 193 Å². The zero-order valence-electron chi connectivity index (χ0n) is 18.6. The van der Waals surface area contributed by atoms with Gasteiger partial charge in [0.15, 0.2) is 0 Å². The van der Waals surface area contributed by atoms with Gasteiger partial charge in [0.25, 0.3) is 0 Å². The molecule has 4 rings (SSSR count). The van der Waals surface area contributed by atoms with Gasteiger partial charge in [-0.15, -0.1) is 0 Å². The van der Waals surface area contributed by atoms with Gasteiger partial charge < -0.3 is 19.1 Å². The third-order valence-corrected chi connectivity index (χ3v) is 5.67. The molecule has 0 aliphatic carbocycles. The average molecular weight is 446 g/mol. The number of carbonyl (C=O) groups excluding carboxylic acids is 2. The van der Waals surface area contributed by atoms with Gasteiger partial charge in [-0.05, 0) is 66.4 Å². The van der Waals surface area contributed by atoms with Crippen molar-refractivity contribution >= 4 is 17.6 Å². The molecule has 0 radical (unpaired) electrons. The molecule has 0 aromatic heterocycles. The minimum absolute atomic E-state index is 0.125. The standard InChI is InChI=1S/C27H27NO5/c1-31-27(30)22-7-11-24(12-8-22)32-16-15-21-17-26(29)28(18-21)23-9-13-25(14-10-23)33-19-20-5-3-2-4-6-20/h2-14,21H,15-19H2,1H3. The van der Waals surface area contributed by atoms with E-state index in [-0.39, 0.29) is 17.8 Å². The molecule has 6 heteroatoms. The van der Waals surface area contributed by atoms with Gasteiger partial charge in [-0.3, -0.25) is 4.79 Å². The predicted octanol–water partition coefficient (Wildman–Crippen LogP) is 4.87. The second-order valence-corrected chi connectivity index (χ2v) is 8.00. The number of nitrogens with zero attached hydrogens (tertiary/aromatic N) is 1. The van der Waals surface area contributed by atoms with E-state index < -0.39 is 0 Å². The number of ether oxygens (including phenoxy) is 3. The number of hydrogen-bond acceptors (Lipinski definition) is 5. The fourth-order valence-electron chi connectivity index (χ4n) is 3.84. The zero-order valence-corrected chi connectivity index (χ0v) is 18.6. The molecule has 0 saturated carbocycles. The highest BCUT2D eigenvalue weighted by molar-refractivity contribution is 5.95. The van der Waals surface area contributed by atoms with E-state index in [0.717, 1.165) is 23.4 Å². The fourth-order valence-corrected chi connectivity index (χ4v) is 3.84. The van der Waals surface area contributed by atoms with Crippen molar-refractivity contribution in [1.82, 2.24) is 0 Å². The number of rotatable bonds is 9. The van der Waals surface area contributed by atoms with E-state index >= 15 is 0 Å². The van der Waals surface area contributed by atoms with Gasteiger partial charge in [-0.25, -0.2) is 4.79 Å². The zero-order chi connectivity index (χ0) is 23.0. The Hall–Kier alpha value is -3.80. The van der Waals surface area contributed by atoms with Crippen molar-refractivity contribution in [1.29, 1.82) is 0 Å². The smallest absolute Gasteiger partial charge is 0.337 e. The Morgan fingerprint density at radius 1 is 0.909 bits per heavy atom. The van der Waals surface area contributed by atoms with Crippen molar-refractivity contribution in [2.45, 2.75) is 19.4 Å². The quantitative estimate of drug-likeness (QED) is 0.440. The molecule has 1 aliphatic rings. The summed E-state index contributed by atoms with van der Waals surface area (Å²) in [4.78, 5) is 25.9. The normalized spacial score (nSPS) is 15.4. The predicted molar refractivity (Wildman–Crippen MR) is 126 cm³/mol. The van der Waals surface area contributed by atoms with Crippen molar-refractivity contribution in [2.75, 3.05) is 25.2 Å². The molecule has 170 valence electrons. The van der Waals surface area contributed by atoms with Crippen LogP contribution in [0.4, 0.5) is 5.69 Å². The molecular weight excluding hydrogens is 418 g/mol. The molecule has 1 fully saturated rings. The first-order valence-electron chi connectivity index (χ1n) is 11.0. The van der Waals surface area contributed by atoms with Crippen LogP contribution in [0.3, 0.4) is 0 Å². The highest BCUT2D eigenvalue weighted by atomic mass is 16.5. The maximum Gasteiger partial charge on any atom is 0.337 e. The van der Waals surface area contributed by atoms with Gasteiger partial charge in [0.1, 0.15) is 18.1 Å². The Bertz CT molecular complexity index is 1060. The first-order valence-corrected chi connectivity index (χ1v) is 11.0. The molecule has 6 nitrogen and oxygen atoms in total. The van der Waals surface area contributed by atoms with Crippen LogP contribution in [0.5, 0.6) is 11.5 Å². The molecule has 3 aromatic carbocycles. The van der Waals surface area contributed by atoms with Crippen molar-refractivity contribution in [3.8, 4) is 11.5 Å². The largest absolute Gasteiger partial charge is 0.494 e. The van der Waals surface area contributed by atoms with E-state index in [1.54, 1.807) is 24.3 Å². The van der Waals surface area contributed by atoms with E-state index in [1.165, 1.54) is 7.11 Å². The van der Waals surface area contributed by atoms with Crippen LogP contribution in [0.2, 0.25) is 0 Å². The first kappa shape index (κ1) is 22.4. The lowest BCUT2D eigenvalue weighted by molar-refractivity contribution is -0.117. The molecule has 3 aromatic rings. The number of esters is 1. The summed E-state index contributed by atoms with van der Waals surface area (Å²) >= 11 is 0. The van der Waals surface area contributed by atoms with Crippen molar-refractivity contribution in [3.05, 3.63) is 90.0 Å². The van der Waals surface area contributed by atoms with Crippen LogP contribution in [-0.2, 0) is 16.1 Å². The summed E-state index contributed by atoms with van der Waals surface area (Å²) in [5, 5.41) is 0. The molecule has 0 bridgehead atoms. The Morgan fingerprint density at radius 2 is 1.58 bits per heavy atom. The lowest BCUT2D eigenvalue weighted by atomic mass is 10.1. The third kappa shape index (κ3) is 5.92. The summed E-state index contributed by atoms with van der Waals surface area (Å²) in [6, 6.07) is 24.5. The topological polar surface area (TPSA) is 65.1 Å². The molecule has 1 aliphatic heterocycles. The van der Waals surface area contributed by atoms with Gasteiger partial charge >= 0.3 is 5.97 Å². The minimum Gasteiger partial charge on any atom is -0.494 e. The highest BCUT2D eigenvalue weighted by Gasteiger charge is 2.30. The first-order chi connectivity index (χ1) is 16.1. The molecule has 1 atom stereocenters. The van der Waals surface area contributed by atoms with Crippen LogP contribution in [0.1, 0.15) is 28.8 Å². The molecule has 1 amide bonds. The number of benzene rings is 3. The van der Waals surface area contributed by atoms with E-state index in [1.807, 2.05) is 59.5 Å². The molecule has 1 heterocycles. The summed E-state index contributed by atoms with van der Waals surface area (Å²) in [5.74, 6) is 1.45. The van der Waals surface area contributed by atoms with Gasteiger partial charge in [0, 0.05) is 18.7 Å². The summed E-state index contributed by atoms with van der Waals surface area (Å²) < 4.78 is 16.3. The van der Waals surface area contributed by atoms with Crippen LogP contribution >= 0.6 is 0 Å². The second kappa shape index (κ2) is 10.7. The van der Waals surface area contributed by atoms with Gasteiger partial charge in [-0.2, -0.15) is 0 Å². The van der Waals surface area contributed by atoms with Gasteiger partial charge in [0.05, 0.1) is 19.3 Å². The Kier molecular flexibility index (Phi) is 7.25. The molecule has 33 heavy (non-hydrogen) atoms. The Balaban J connectivity index is 1.24. The number of carbonyl (C=O) groups is 2. The number of hydrogen-bond donors (Lipinski definition) is 0. The third-order valence-electron chi connectivity index (χ3n) is 5.67. The maximum atomic E-state index is 12.6. The number of methoxy groups -OCH3 is 1. The van der Waals surface area contributed by atoms with Crippen LogP contribution in [-0.4, -0.2) is 32.1 Å². The van der Waals surface area contributed by atoms with E-state index in [9.17, 15) is 9.59 Å². The minimum atomic E-state index is -0.373. The fraction of sp³-hybridized carbons (Fsp3) is 0.259. The summed E-state index contributed by atoms with van der Waals surface area (Å²) in [5.41, 5.74) is 2.48. The number of amides is 1. The highest BCUT2D eigenvalue weighted by Crippen LogP contribution is 2.29. The lowest BCUT2D eigenvalue weighted by Gasteiger charge is -2.17. The van der Waals surface area contributed by atoms with Crippen molar-refractivity contribution in [2.24, 2.45) is 5.92 Å². The molecule has 1 saturated heterocycles. The second-order valence-electron chi connectivity index (χ2n) is 8.00. The molecule has 1 unspecified atom stereocenters. The maximum absolute atomic E-state index is 12.6. The monoisotopic (exact) mass is 445 g/mol. The van der Waals surface area contributed by atoms with E-state index in [2.05, 4.69) is 0 Å². The van der Waals surface area contributed by atoms with Crippen LogP contribution in [0.25, 0.3) is 0 Å². The van der Waals surface area contributed by atoms with Crippen molar-refractivity contribution < 1.29 is 23.8 Å². The van der Waals surface area contributed by atoms with Gasteiger partial charge in [-0.1, -0.05) is 30.3 Å². The molecule has 0 spiro atoms. The lowest BCUT2D eigenvalue weighted by Crippen LogP contribution is -2.24. The van der Waals surface area contributed by atoms with Crippen LogP contribution < -0.4 is 14.4 Å². The van der Waals surface area contributed by atoms with Crippen LogP contribution in [0.15, 0.2) is 78.9 Å².